The van der Waals surface area contributed by atoms with Crippen LogP contribution in [-0.4, -0.2) is 55.6 Å². The topological polar surface area (TPSA) is 210 Å². The molecule has 12 nitrogen and oxygen atoms in total. The smallest absolute Gasteiger partial charge is 0.208 e. The van der Waals surface area contributed by atoms with Gasteiger partial charge in [-0.15, -0.1) is 0 Å². The summed E-state index contributed by atoms with van der Waals surface area (Å²) in [4.78, 5) is 1.87. The quantitative estimate of drug-likeness (QED) is 0.0541. The summed E-state index contributed by atoms with van der Waals surface area (Å²) in [7, 11) is 0. The number of para-hydroxylation sites is 2. The molecular weight excluding hydrogens is 765 g/mol. The number of hydrogen-bond acceptors (Lipinski definition) is 11. The van der Waals surface area contributed by atoms with Crippen LogP contribution in [-0.2, 0) is 0 Å². The van der Waals surface area contributed by atoms with Crippen LogP contribution in [0.4, 0.5) is 17.1 Å². The first-order chi connectivity index (χ1) is 28.9. The van der Waals surface area contributed by atoms with Gasteiger partial charge in [0, 0.05) is 33.5 Å². The van der Waals surface area contributed by atoms with Gasteiger partial charge < -0.3 is 60.5 Å². The van der Waals surface area contributed by atoms with Gasteiger partial charge in [0.05, 0.1) is 22.2 Å². The minimum atomic E-state index is -1.07. The van der Waals surface area contributed by atoms with Crippen LogP contribution in [0.15, 0.2) is 146 Å². The molecule has 0 aliphatic carbocycles. The number of phenolic OH excluding ortho intramolecular Hbond substituents is 10. The summed E-state index contributed by atoms with van der Waals surface area (Å²) in [6.45, 7) is 0. The molecule has 0 aliphatic heterocycles. The van der Waals surface area contributed by atoms with E-state index in [-0.39, 0.29) is 22.3 Å². The third-order valence-corrected chi connectivity index (χ3v) is 10.7. The Labute approximate surface area is 340 Å². The van der Waals surface area contributed by atoms with Crippen molar-refractivity contribution in [2.24, 2.45) is 0 Å². The van der Waals surface area contributed by atoms with Gasteiger partial charge >= 0.3 is 0 Å². The lowest BCUT2D eigenvalue weighted by Crippen LogP contribution is -2.09. The normalized spacial score (nSPS) is 11.3. The summed E-state index contributed by atoms with van der Waals surface area (Å²) in [6.07, 6.45) is 0. The largest absolute Gasteiger partial charge is 0.504 e. The molecule has 0 saturated carbocycles. The standard InChI is InChI=1S/C48H34N2O10/c51-39-37(40(52)44(56)47(59)43(39)55)26-12-19-31(20-13-26)49(32-21-14-27(15-22-32)38-41(53)45(57)48(60)46(58)42(38)54)30-17-10-25(11-18-30)28-16-23-36-34(24-28)33-8-4-5-9-35(33)50(36)29-6-2-1-3-7-29/h1-24,51-60H. The molecule has 0 aliphatic rings. The van der Waals surface area contributed by atoms with Gasteiger partial charge in [0.15, 0.2) is 23.0 Å². The second-order valence-electron chi connectivity index (χ2n) is 14.1. The third kappa shape index (κ3) is 5.78. The highest BCUT2D eigenvalue weighted by Gasteiger charge is 2.26. The van der Waals surface area contributed by atoms with E-state index in [1.807, 2.05) is 59.5 Å². The Morgan fingerprint density at radius 3 is 1.13 bits per heavy atom. The maximum absolute atomic E-state index is 10.6. The van der Waals surface area contributed by atoms with Crippen molar-refractivity contribution < 1.29 is 51.1 Å². The van der Waals surface area contributed by atoms with Crippen molar-refractivity contribution in [2.45, 2.75) is 0 Å². The van der Waals surface area contributed by atoms with Gasteiger partial charge in [-0.3, -0.25) is 0 Å². The molecule has 10 N–H and O–H groups in total. The zero-order valence-corrected chi connectivity index (χ0v) is 31.2. The fraction of sp³-hybridized carbons (Fsp3) is 0. The van der Waals surface area contributed by atoms with Crippen LogP contribution >= 0.6 is 0 Å². The Bertz CT molecular complexity index is 2960. The number of anilines is 3. The van der Waals surface area contributed by atoms with Crippen LogP contribution in [0, 0.1) is 0 Å². The van der Waals surface area contributed by atoms with Gasteiger partial charge in [-0.05, 0) is 89.0 Å². The predicted molar refractivity (Wildman–Crippen MR) is 228 cm³/mol. The van der Waals surface area contributed by atoms with Gasteiger partial charge in [-0.25, -0.2) is 0 Å². The van der Waals surface area contributed by atoms with Crippen LogP contribution in [0.5, 0.6) is 57.5 Å². The number of rotatable bonds is 7. The maximum atomic E-state index is 10.6. The number of hydrogen-bond donors (Lipinski definition) is 10. The minimum absolute atomic E-state index is 0.201. The Morgan fingerprint density at radius 2 is 0.667 bits per heavy atom. The monoisotopic (exact) mass is 798 g/mol. The first kappa shape index (κ1) is 37.0. The molecule has 0 spiro atoms. The van der Waals surface area contributed by atoms with E-state index in [0.29, 0.717) is 17.1 Å². The summed E-state index contributed by atoms with van der Waals surface area (Å²) < 4.78 is 2.25. The number of aromatic nitrogens is 1. The van der Waals surface area contributed by atoms with Gasteiger partial charge in [-0.1, -0.05) is 78.9 Å². The third-order valence-electron chi connectivity index (χ3n) is 10.7. The Hall–Kier alpha value is -8.64. The van der Waals surface area contributed by atoms with Gasteiger partial charge in [0.25, 0.3) is 0 Å². The minimum Gasteiger partial charge on any atom is -0.504 e. The van der Waals surface area contributed by atoms with Crippen molar-refractivity contribution in [1.82, 2.24) is 4.57 Å². The van der Waals surface area contributed by atoms with Crippen LogP contribution in [0.25, 0.3) is 60.9 Å². The van der Waals surface area contributed by atoms with E-state index < -0.39 is 57.5 Å². The fourth-order valence-corrected chi connectivity index (χ4v) is 7.73. The second kappa shape index (κ2) is 14.1. The van der Waals surface area contributed by atoms with Gasteiger partial charge in [0.2, 0.25) is 34.5 Å². The molecule has 0 atom stereocenters. The molecule has 9 aromatic rings. The van der Waals surface area contributed by atoms with E-state index in [0.717, 1.165) is 38.6 Å². The first-order valence-corrected chi connectivity index (χ1v) is 18.5. The molecule has 1 aromatic heterocycles. The fourth-order valence-electron chi connectivity index (χ4n) is 7.73. The van der Waals surface area contributed by atoms with Crippen molar-refractivity contribution in [3.8, 4) is 96.6 Å². The van der Waals surface area contributed by atoms with Gasteiger partial charge in [0.1, 0.15) is 0 Å². The summed E-state index contributed by atoms with van der Waals surface area (Å²) in [6, 6.07) is 45.5. The second-order valence-corrected chi connectivity index (χ2v) is 14.1. The number of benzene rings is 8. The van der Waals surface area contributed by atoms with Crippen LogP contribution < -0.4 is 4.90 Å². The number of phenols is 10. The molecule has 296 valence electrons. The molecule has 0 bridgehead atoms. The van der Waals surface area contributed by atoms with Crippen LogP contribution in [0.2, 0.25) is 0 Å². The summed E-state index contributed by atoms with van der Waals surface area (Å²) in [5.41, 5.74) is 6.78. The molecule has 0 saturated heterocycles. The van der Waals surface area contributed by atoms with E-state index in [1.54, 1.807) is 24.3 Å². The van der Waals surface area contributed by atoms with E-state index >= 15 is 0 Å². The molecule has 0 amide bonds. The summed E-state index contributed by atoms with van der Waals surface area (Å²) in [5.74, 6) is -9.47. The lowest BCUT2D eigenvalue weighted by Gasteiger charge is -2.26. The zero-order valence-electron chi connectivity index (χ0n) is 31.2. The molecule has 8 aromatic carbocycles. The molecule has 60 heavy (non-hydrogen) atoms. The van der Waals surface area contributed by atoms with Crippen molar-refractivity contribution in [3.05, 3.63) is 146 Å². The van der Waals surface area contributed by atoms with Crippen molar-refractivity contribution in [1.29, 1.82) is 0 Å². The van der Waals surface area contributed by atoms with Crippen molar-refractivity contribution in [2.75, 3.05) is 4.90 Å². The van der Waals surface area contributed by atoms with E-state index in [1.165, 1.54) is 24.3 Å². The molecule has 9 rings (SSSR count). The van der Waals surface area contributed by atoms with Crippen molar-refractivity contribution >= 4 is 38.9 Å². The SMILES string of the molecule is Oc1c(O)c(O)c(-c2ccc(N(c3ccc(-c4ccc5c(c4)c4ccccc4n5-c4ccccc4)cc3)c3ccc(-c4c(O)c(O)c(O)c(O)c4O)cc3)cc2)c(O)c1O. The molecular formula is C48H34N2O10. The average molecular weight is 799 g/mol. The molecule has 0 fully saturated rings. The van der Waals surface area contributed by atoms with E-state index in [9.17, 15) is 51.1 Å². The van der Waals surface area contributed by atoms with E-state index in [2.05, 4.69) is 47.0 Å². The Kier molecular flexibility index (Phi) is 8.67. The highest BCUT2D eigenvalue weighted by atomic mass is 16.4. The predicted octanol–water partition coefficient (Wildman–Crippen LogP) is 10.3. The number of nitrogens with zero attached hydrogens (tertiary/aromatic N) is 2. The van der Waals surface area contributed by atoms with Crippen LogP contribution in [0.3, 0.4) is 0 Å². The first-order valence-electron chi connectivity index (χ1n) is 18.5. The van der Waals surface area contributed by atoms with Gasteiger partial charge in [-0.2, -0.15) is 0 Å². The Balaban J connectivity index is 1.13. The number of aromatic hydroxyl groups is 10. The summed E-state index contributed by atoms with van der Waals surface area (Å²) in [5, 5.41) is 105. The van der Waals surface area contributed by atoms with Crippen molar-refractivity contribution in [3.63, 3.8) is 0 Å². The summed E-state index contributed by atoms with van der Waals surface area (Å²) >= 11 is 0. The molecule has 12 heteroatoms. The Morgan fingerprint density at radius 1 is 0.300 bits per heavy atom. The van der Waals surface area contributed by atoms with Crippen LogP contribution in [0.1, 0.15) is 0 Å². The number of fused-ring (bicyclic) bond motifs is 3. The molecule has 1 heterocycles. The highest BCUT2D eigenvalue weighted by molar-refractivity contribution is 6.10. The van der Waals surface area contributed by atoms with E-state index in [4.69, 9.17) is 0 Å². The highest BCUT2D eigenvalue weighted by Crippen LogP contribution is 2.56. The lowest BCUT2D eigenvalue weighted by molar-refractivity contribution is 0.330. The average Bonchev–Trinajstić information content (AvgIpc) is 3.62. The zero-order chi connectivity index (χ0) is 42.0. The molecule has 0 unspecified atom stereocenters. The lowest BCUT2D eigenvalue weighted by atomic mass is 9.99. The molecule has 0 radical (unpaired) electrons. The maximum Gasteiger partial charge on any atom is 0.208 e.